The third-order valence-corrected chi connectivity index (χ3v) is 4.17. The number of rotatable bonds is 1. The molecule has 2 aliphatic carbocycles. The molecule has 0 amide bonds. The lowest BCUT2D eigenvalue weighted by molar-refractivity contribution is 0.366. The molecule has 0 radical (unpaired) electrons. The van der Waals surface area contributed by atoms with Crippen molar-refractivity contribution in [3.63, 3.8) is 0 Å². The van der Waals surface area contributed by atoms with E-state index >= 15 is 0 Å². The van der Waals surface area contributed by atoms with Gasteiger partial charge in [-0.05, 0) is 36.7 Å². The summed E-state index contributed by atoms with van der Waals surface area (Å²) in [4.78, 5) is 0. The summed E-state index contributed by atoms with van der Waals surface area (Å²) in [7, 11) is 0. The zero-order valence-corrected chi connectivity index (χ0v) is 8.39. The molecule has 2 saturated carbocycles. The lowest BCUT2D eigenvalue weighted by Crippen LogP contribution is -2.33. The Labute approximate surface area is 85.3 Å². The van der Waals surface area contributed by atoms with Gasteiger partial charge in [0, 0.05) is 12.0 Å². The average Bonchev–Trinajstić information content (AvgIpc) is 2.79. The summed E-state index contributed by atoms with van der Waals surface area (Å²) in [6.45, 7) is 0. The van der Waals surface area contributed by atoms with Crippen molar-refractivity contribution in [1.29, 1.82) is 0 Å². The van der Waals surface area contributed by atoms with Crippen molar-refractivity contribution >= 4 is 0 Å². The predicted octanol–water partition coefficient (Wildman–Crippen LogP) is 2.53. The first-order valence-electron chi connectivity index (χ1n) is 5.67. The fourth-order valence-corrected chi connectivity index (χ4v) is 3.51. The van der Waals surface area contributed by atoms with E-state index in [2.05, 4.69) is 30.3 Å². The van der Waals surface area contributed by atoms with Crippen molar-refractivity contribution in [2.45, 2.75) is 31.2 Å². The Morgan fingerprint density at radius 1 is 1.00 bits per heavy atom. The van der Waals surface area contributed by atoms with Gasteiger partial charge < -0.3 is 5.73 Å². The van der Waals surface area contributed by atoms with Gasteiger partial charge in [-0.25, -0.2) is 0 Å². The fraction of sp³-hybridized carbons (Fsp3) is 0.538. The number of hydrogen-bond acceptors (Lipinski definition) is 1. The average molecular weight is 187 g/mol. The topological polar surface area (TPSA) is 26.0 Å². The van der Waals surface area contributed by atoms with Gasteiger partial charge in [0.15, 0.2) is 0 Å². The van der Waals surface area contributed by atoms with Gasteiger partial charge in [0.1, 0.15) is 0 Å². The molecule has 3 rings (SSSR count). The zero-order valence-electron chi connectivity index (χ0n) is 8.39. The predicted molar refractivity (Wildman–Crippen MR) is 58.0 cm³/mol. The second kappa shape index (κ2) is 3.09. The van der Waals surface area contributed by atoms with E-state index in [0.717, 1.165) is 11.8 Å². The molecule has 0 aromatic heterocycles. The maximum atomic E-state index is 6.30. The Kier molecular flexibility index (Phi) is 1.88. The molecular weight excluding hydrogens is 170 g/mol. The minimum absolute atomic E-state index is 0.427. The Morgan fingerprint density at radius 3 is 2.36 bits per heavy atom. The zero-order chi connectivity index (χ0) is 9.54. The molecule has 2 bridgehead atoms. The van der Waals surface area contributed by atoms with Gasteiger partial charge in [-0.3, -0.25) is 0 Å². The molecule has 1 nitrogen and oxygen atoms in total. The highest BCUT2D eigenvalue weighted by Gasteiger charge is 2.46. The first-order chi connectivity index (χ1) is 6.86. The van der Waals surface area contributed by atoms with Gasteiger partial charge >= 0.3 is 0 Å². The van der Waals surface area contributed by atoms with E-state index in [0.29, 0.717) is 12.0 Å². The molecule has 2 fully saturated rings. The molecular formula is C13H17N. The summed E-state index contributed by atoms with van der Waals surface area (Å²) in [5, 5.41) is 0. The van der Waals surface area contributed by atoms with E-state index in [1.807, 2.05) is 0 Å². The molecule has 4 atom stereocenters. The monoisotopic (exact) mass is 187 g/mol. The quantitative estimate of drug-likeness (QED) is 0.718. The van der Waals surface area contributed by atoms with Crippen LogP contribution in [0.15, 0.2) is 30.3 Å². The minimum Gasteiger partial charge on any atom is -0.327 e. The Bertz CT molecular complexity index is 317. The second-order valence-electron chi connectivity index (χ2n) is 4.85. The van der Waals surface area contributed by atoms with Crippen LogP contribution < -0.4 is 5.73 Å². The smallest absolute Gasteiger partial charge is 0.0139 e. The van der Waals surface area contributed by atoms with Crippen LogP contribution in [0.3, 0.4) is 0 Å². The van der Waals surface area contributed by atoms with Gasteiger partial charge in [-0.2, -0.15) is 0 Å². The molecule has 4 unspecified atom stereocenters. The van der Waals surface area contributed by atoms with Crippen LogP contribution in [-0.2, 0) is 0 Å². The van der Waals surface area contributed by atoms with E-state index in [9.17, 15) is 0 Å². The molecule has 1 heteroatoms. The van der Waals surface area contributed by atoms with Crippen LogP contribution in [-0.4, -0.2) is 6.04 Å². The van der Waals surface area contributed by atoms with Gasteiger partial charge in [0.25, 0.3) is 0 Å². The van der Waals surface area contributed by atoms with Crippen LogP contribution in [0.4, 0.5) is 0 Å². The van der Waals surface area contributed by atoms with Crippen molar-refractivity contribution in [1.82, 2.24) is 0 Å². The lowest BCUT2D eigenvalue weighted by Gasteiger charge is -2.28. The largest absolute Gasteiger partial charge is 0.327 e. The van der Waals surface area contributed by atoms with E-state index in [1.54, 1.807) is 0 Å². The van der Waals surface area contributed by atoms with Crippen LogP contribution in [0.2, 0.25) is 0 Å². The van der Waals surface area contributed by atoms with Crippen LogP contribution in [0.5, 0.6) is 0 Å². The summed E-state index contributed by atoms with van der Waals surface area (Å²) in [6.07, 6.45) is 4.15. The van der Waals surface area contributed by atoms with E-state index in [1.165, 1.54) is 24.8 Å². The van der Waals surface area contributed by atoms with Crippen molar-refractivity contribution < 1.29 is 0 Å². The summed E-state index contributed by atoms with van der Waals surface area (Å²) < 4.78 is 0. The van der Waals surface area contributed by atoms with Crippen molar-refractivity contribution in [3.05, 3.63) is 35.9 Å². The number of hydrogen-bond donors (Lipinski definition) is 1. The standard InChI is InChI=1S/C13H17N/c14-13-11-7-6-10(8-11)12(13)9-4-2-1-3-5-9/h1-5,10-13H,6-8,14H2. The minimum atomic E-state index is 0.427. The molecule has 74 valence electrons. The summed E-state index contributed by atoms with van der Waals surface area (Å²) in [6, 6.07) is 11.3. The summed E-state index contributed by atoms with van der Waals surface area (Å²) >= 11 is 0. The second-order valence-corrected chi connectivity index (χ2v) is 4.85. The summed E-state index contributed by atoms with van der Waals surface area (Å²) in [5.41, 5.74) is 7.76. The first kappa shape index (κ1) is 8.49. The highest BCUT2D eigenvalue weighted by atomic mass is 14.7. The number of fused-ring (bicyclic) bond motifs is 2. The summed E-state index contributed by atoms with van der Waals surface area (Å²) in [5.74, 6) is 2.33. The molecule has 0 heterocycles. The maximum Gasteiger partial charge on any atom is 0.0139 e. The Hall–Kier alpha value is -0.820. The molecule has 0 spiro atoms. The van der Waals surface area contributed by atoms with Crippen LogP contribution >= 0.6 is 0 Å². The molecule has 0 aliphatic heterocycles. The van der Waals surface area contributed by atoms with Gasteiger partial charge in [-0.1, -0.05) is 30.3 Å². The van der Waals surface area contributed by atoms with Gasteiger partial charge in [-0.15, -0.1) is 0 Å². The Balaban J connectivity index is 1.93. The van der Waals surface area contributed by atoms with Crippen molar-refractivity contribution in [3.8, 4) is 0 Å². The molecule has 1 aromatic rings. The highest BCUT2D eigenvalue weighted by Crippen LogP contribution is 2.51. The van der Waals surface area contributed by atoms with Crippen LogP contribution in [0, 0.1) is 11.8 Å². The number of nitrogens with two attached hydrogens (primary N) is 1. The first-order valence-corrected chi connectivity index (χ1v) is 5.67. The van der Waals surface area contributed by atoms with E-state index in [-0.39, 0.29) is 0 Å². The number of benzene rings is 1. The van der Waals surface area contributed by atoms with E-state index in [4.69, 9.17) is 5.73 Å². The maximum absolute atomic E-state index is 6.30. The SMILES string of the molecule is NC1C2CCC(C2)C1c1ccccc1. The Morgan fingerprint density at radius 2 is 1.71 bits per heavy atom. The lowest BCUT2D eigenvalue weighted by atomic mass is 9.80. The fourth-order valence-electron chi connectivity index (χ4n) is 3.51. The van der Waals surface area contributed by atoms with E-state index < -0.39 is 0 Å². The molecule has 0 saturated heterocycles. The molecule has 2 aliphatic rings. The van der Waals surface area contributed by atoms with Crippen LogP contribution in [0.1, 0.15) is 30.7 Å². The third kappa shape index (κ3) is 1.12. The molecule has 1 aromatic carbocycles. The van der Waals surface area contributed by atoms with Crippen LogP contribution in [0.25, 0.3) is 0 Å². The van der Waals surface area contributed by atoms with Crippen molar-refractivity contribution in [2.75, 3.05) is 0 Å². The molecule has 14 heavy (non-hydrogen) atoms. The highest BCUT2D eigenvalue weighted by molar-refractivity contribution is 5.25. The molecule has 2 N–H and O–H groups in total. The van der Waals surface area contributed by atoms with Gasteiger partial charge in [0.2, 0.25) is 0 Å². The normalized spacial score (nSPS) is 40.4. The van der Waals surface area contributed by atoms with Crippen molar-refractivity contribution in [2.24, 2.45) is 17.6 Å². The van der Waals surface area contributed by atoms with Gasteiger partial charge in [0.05, 0.1) is 0 Å². The third-order valence-electron chi connectivity index (χ3n) is 4.17.